The van der Waals surface area contributed by atoms with Crippen LogP contribution in [0.3, 0.4) is 0 Å². The van der Waals surface area contributed by atoms with E-state index < -0.39 is 0 Å². The number of tetrazole rings is 1. The van der Waals surface area contributed by atoms with E-state index in [1.54, 1.807) is 0 Å². The molecule has 0 aromatic carbocycles. The molecule has 0 saturated carbocycles. The van der Waals surface area contributed by atoms with Crippen molar-refractivity contribution >= 4 is 0 Å². The van der Waals surface area contributed by atoms with Crippen molar-refractivity contribution in [3.8, 4) is 0 Å². The average molecular weight is 210 g/mol. The van der Waals surface area contributed by atoms with E-state index >= 15 is 0 Å². The van der Waals surface area contributed by atoms with Crippen LogP contribution in [0.1, 0.15) is 19.2 Å². The second-order valence-electron chi connectivity index (χ2n) is 3.88. The first-order valence-corrected chi connectivity index (χ1v) is 5.57. The summed E-state index contributed by atoms with van der Waals surface area (Å²) >= 11 is 0. The summed E-state index contributed by atoms with van der Waals surface area (Å²) < 4.78 is 0. The van der Waals surface area contributed by atoms with E-state index in [1.165, 1.54) is 0 Å². The van der Waals surface area contributed by atoms with Gasteiger partial charge in [-0.05, 0) is 6.42 Å². The zero-order chi connectivity index (χ0) is 10.5. The Labute approximate surface area is 89.4 Å². The van der Waals surface area contributed by atoms with Gasteiger partial charge in [0.25, 0.3) is 0 Å². The van der Waals surface area contributed by atoms with Crippen LogP contribution in [0.4, 0.5) is 0 Å². The Morgan fingerprint density at radius 1 is 1.40 bits per heavy atom. The van der Waals surface area contributed by atoms with Crippen LogP contribution < -0.4 is 5.32 Å². The fourth-order valence-electron chi connectivity index (χ4n) is 2.06. The minimum absolute atomic E-state index is 0.546. The number of hydrogen-bond acceptors (Lipinski definition) is 5. The molecule has 2 heterocycles. The number of hydrogen-bond donors (Lipinski definition) is 2. The summed E-state index contributed by atoms with van der Waals surface area (Å²) in [6.45, 7) is 6.63. The van der Waals surface area contributed by atoms with Crippen molar-refractivity contribution in [1.82, 2.24) is 30.8 Å². The topological polar surface area (TPSA) is 69.7 Å². The SMILES string of the molecule is CCC(Cc1nn[nH]n1)N1CCNCC1. The molecule has 1 aromatic heterocycles. The van der Waals surface area contributed by atoms with E-state index in [-0.39, 0.29) is 0 Å². The first-order valence-electron chi connectivity index (χ1n) is 5.57. The molecule has 15 heavy (non-hydrogen) atoms. The minimum Gasteiger partial charge on any atom is -0.314 e. The smallest absolute Gasteiger partial charge is 0.176 e. The normalized spacial score (nSPS) is 20.3. The molecule has 0 spiro atoms. The molecule has 1 unspecified atom stereocenters. The van der Waals surface area contributed by atoms with Gasteiger partial charge in [-0.3, -0.25) is 4.90 Å². The number of nitrogens with zero attached hydrogens (tertiary/aromatic N) is 4. The highest BCUT2D eigenvalue weighted by Crippen LogP contribution is 2.09. The number of nitrogens with one attached hydrogen (secondary N) is 2. The lowest BCUT2D eigenvalue weighted by Gasteiger charge is -2.33. The molecular formula is C9H18N6. The van der Waals surface area contributed by atoms with Crippen LogP contribution in [0.5, 0.6) is 0 Å². The molecule has 84 valence electrons. The molecule has 1 aliphatic rings. The van der Waals surface area contributed by atoms with E-state index in [1.807, 2.05) is 0 Å². The molecule has 2 N–H and O–H groups in total. The van der Waals surface area contributed by atoms with Crippen LogP contribution >= 0.6 is 0 Å². The number of aromatic amines is 1. The van der Waals surface area contributed by atoms with Gasteiger partial charge in [-0.2, -0.15) is 5.21 Å². The first kappa shape index (κ1) is 10.5. The lowest BCUT2D eigenvalue weighted by molar-refractivity contribution is 0.166. The molecule has 0 amide bonds. The van der Waals surface area contributed by atoms with Gasteiger partial charge in [0.05, 0.1) is 0 Å². The van der Waals surface area contributed by atoms with Crippen LogP contribution in [-0.2, 0) is 6.42 Å². The van der Waals surface area contributed by atoms with Crippen LogP contribution in [0.2, 0.25) is 0 Å². The van der Waals surface area contributed by atoms with Crippen LogP contribution in [-0.4, -0.2) is 57.7 Å². The van der Waals surface area contributed by atoms with Crippen molar-refractivity contribution in [2.45, 2.75) is 25.8 Å². The molecular weight excluding hydrogens is 192 g/mol. The second kappa shape index (κ2) is 5.18. The maximum atomic E-state index is 4.01. The largest absolute Gasteiger partial charge is 0.314 e. The predicted molar refractivity (Wildman–Crippen MR) is 56.4 cm³/mol. The van der Waals surface area contributed by atoms with Crippen molar-refractivity contribution in [3.63, 3.8) is 0 Å². The van der Waals surface area contributed by atoms with Gasteiger partial charge in [0.2, 0.25) is 0 Å². The molecule has 0 radical (unpaired) electrons. The lowest BCUT2D eigenvalue weighted by Crippen LogP contribution is -2.49. The molecule has 0 bridgehead atoms. The van der Waals surface area contributed by atoms with E-state index in [0.29, 0.717) is 6.04 Å². The fourth-order valence-corrected chi connectivity index (χ4v) is 2.06. The molecule has 1 aromatic rings. The van der Waals surface area contributed by atoms with Gasteiger partial charge in [0.15, 0.2) is 5.82 Å². The quantitative estimate of drug-likeness (QED) is 0.696. The maximum absolute atomic E-state index is 4.01. The molecule has 1 saturated heterocycles. The van der Waals surface area contributed by atoms with Gasteiger partial charge >= 0.3 is 0 Å². The maximum Gasteiger partial charge on any atom is 0.176 e. The zero-order valence-corrected chi connectivity index (χ0v) is 9.11. The molecule has 2 rings (SSSR count). The summed E-state index contributed by atoms with van der Waals surface area (Å²) in [4.78, 5) is 2.51. The molecule has 6 heteroatoms. The Hall–Kier alpha value is -1.01. The minimum atomic E-state index is 0.546. The summed E-state index contributed by atoms with van der Waals surface area (Å²) in [5.74, 6) is 0.820. The van der Waals surface area contributed by atoms with Crippen molar-refractivity contribution < 1.29 is 0 Å². The zero-order valence-electron chi connectivity index (χ0n) is 9.11. The summed E-state index contributed by atoms with van der Waals surface area (Å²) in [5.41, 5.74) is 0. The molecule has 1 aliphatic heterocycles. The Bertz CT molecular complexity index is 266. The molecule has 6 nitrogen and oxygen atoms in total. The van der Waals surface area contributed by atoms with Crippen LogP contribution in [0.15, 0.2) is 0 Å². The summed E-state index contributed by atoms with van der Waals surface area (Å²) in [6, 6.07) is 0.546. The van der Waals surface area contributed by atoms with Gasteiger partial charge in [-0.1, -0.05) is 12.1 Å². The van der Waals surface area contributed by atoms with E-state index in [9.17, 15) is 0 Å². The second-order valence-corrected chi connectivity index (χ2v) is 3.88. The van der Waals surface area contributed by atoms with Crippen molar-refractivity contribution in [2.24, 2.45) is 0 Å². The number of rotatable bonds is 4. The van der Waals surface area contributed by atoms with E-state index in [4.69, 9.17) is 0 Å². The number of H-pyrrole nitrogens is 1. The first-order chi connectivity index (χ1) is 7.40. The highest BCUT2D eigenvalue weighted by atomic mass is 15.5. The van der Waals surface area contributed by atoms with E-state index in [0.717, 1.165) is 44.8 Å². The monoisotopic (exact) mass is 210 g/mol. The summed E-state index contributed by atoms with van der Waals surface area (Å²) in [5, 5.41) is 17.5. The van der Waals surface area contributed by atoms with Crippen LogP contribution in [0, 0.1) is 0 Å². The van der Waals surface area contributed by atoms with Crippen molar-refractivity contribution in [1.29, 1.82) is 0 Å². The van der Waals surface area contributed by atoms with Crippen molar-refractivity contribution in [3.05, 3.63) is 5.82 Å². The van der Waals surface area contributed by atoms with E-state index in [2.05, 4.69) is 37.8 Å². The molecule has 1 atom stereocenters. The predicted octanol–water partition coefficient (Wildman–Crippen LogP) is -0.574. The number of piperazine rings is 1. The Morgan fingerprint density at radius 2 is 2.20 bits per heavy atom. The molecule has 1 fully saturated rings. The third-order valence-corrected chi connectivity index (χ3v) is 2.95. The third-order valence-electron chi connectivity index (χ3n) is 2.95. The Morgan fingerprint density at radius 3 is 2.80 bits per heavy atom. The highest BCUT2D eigenvalue weighted by Gasteiger charge is 2.20. The standard InChI is InChI=1S/C9H18N6/c1-2-8(7-9-11-13-14-12-9)15-5-3-10-4-6-15/h8,10H,2-7H2,1H3,(H,11,12,13,14). The van der Waals surface area contributed by atoms with Gasteiger partial charge in [-0.25, -0.2) is 0 Å². The third kappa shape index (κ3) is 2.73. The fraction of sp³-hybridized carbons (Fsp3) is 0.889. The van der Waals surface area contributed by atoms with Crippen LogP contribution in [0.25, 0.3) is 0 Å². The van der Waals surface area contributed by atoms with Gasteiger partial charge in [-0.15, -0.1) is 10.2 Å². The summed E-state index contributed by atoms with van der Waals surface area (Å²) in [6.07, 6.45) is 2.03. The average Bonchev–Trinajstić information content (AvgIpc) is 2.80. The van der Waals surface area contributed by atoms with Gasteiger partial charge < -0.3 is 5.32 Å². The Kier molecular flexibility index (Phi) is 3.63. The van der Waals surface area contributed by atoms with Gasteiger partial charge in [0, 0.05) is 38.6 Å². The highest BCUT2D eigenvalue weighted by molar-refractivity contribution is 4.86. The number of aromatic nitrogens is 4. The molecule has 0 aliphatic carbocycles. The van der Waals surface area contributed by atoms with Crippen molar-refractivity contribution in [2.75, 3.05) is 26.2 Å². The Balaban J connectivity index is 1.91. The van der Waals surface area contributed by atoms with Gasteiger partial charge in [0.1, 0.15) is 0 Å². The summed E-state index contributed by atoms with van der Waals surface area (Å²) in [7, 11) is 0. The lowest BCUT2D eigenvalue weighted by atomic mass is 10.1.